The Labute approximate surface area is 85.9 Å². The van der Waals surface area contributed by atoms with E-state index in [0.717, 1.165) is 5.56 Å². The number of benzene rings is 1. The van der Waals surface area contributed by atoms with Crippen molar-refractivity contribution in [2.75, 3.05) is 7.11 Å². The maximum Gasteiger partial charge on any atom is 0.354 e. The van der Waals surface area contributed by atoms with Crippen LogP contribution in [0.1, 0.15) is 16.1 Å². The van der Waals surface area contributed by atoms with Gasteiger partial charge in [-0.2, -0.15) is 0 Å². The van der Waals surface area contributed by atoms with E-state index in [2.05, 4.69) is 9.72 Å². The number of carbonyl (C=O) groups is 1. The van der Waals surface area contributed by atoms with Crippen molar-refractivity contribution in [1.29, 1.82) is 0 Å². The predicted molar refractivity (Wildman–Crippen MR) is 54.3 cm³/mol. The third kappa shape index (κ3) is 1.48. The van der Waals surface area contributed by atoms with Crippen LogP contribution >= 0.6 is 0 Å². The molecule has 2 aromatic rings. The van der Waals surface area contributed by atoms with Crippen LogP contribution < -0.4 is 0 Å². The summed E-state index contributed by atoms with van der Waals surface area (Å²) < 4.78 is 17.9. The van der Waals surface area contributed by atoms with Gasteiger partial charge in [-0.25, -0.2) is 9.18 Å². The number of nitrogens with one attached hydrogen (secondary N) is 1. The van der Waals surface area contributed by atoms with E-state index in [1.807, 2.05) is 6.92 Å². The van der Waals surface area contributed by atoms with Crippen LogP contribution in [0.5, 0.6) is 0 Å². The number of rotatable bonds is 1. The fourth-order valence-electron chi connectivity index (χ4n) is 1.55. The number of aromatic nitrogens is 1. The van der Waals surface area contributed by atoms with Crippen LogP contribution in [-0.2, 0) is 4.74 Å². The van der Waals surface area contributed by atoms with Crippen LogP contribution in [-0.4, -0.2) is 18.1 Å². The summed E-state index contributed by atoms with van der Waals surface area (Å²) in [5, 5.41) is 0.704. The van der Waals surface area contributed by atoms with Crippen LogP contribution in [0.4, 0.5) is 4.39 Å². The molecule has 1 heterocycles. The first-order valence-corrected chi connectivity index (χ1v) is 4.49. The van der Waals surface area contributed by atoms with Gasteiger partial charge in [0.05, 0.1) is 12.6 Å². The first-order chi connectivity index (χ1) is 7.13. The molecule has 4 heteroatoms. The topological polar surface area (TPSA) is 42.1 Å². The van der Waals surface area contributed by atoms with E-state index in [9.17, 15) is 9.18 Å². The highest BCUT2D eigenvalue weighted by Crippen LogP contribution is 2.22. The number of halogens is 1. The minimum Gasteiger partial charge on any atom is -0.464 e. The Kier molecular flexibility index (Phi) is 2.19. The summed E-state index contributed by atoms with van der Waals surface area (Å²) >= 11 is 0. The summed E-state index contributed by atoms with van der Waals surface area (Å²) in [4.78, 5) is 13.9. The summed E-state index contributed by atoms with van der Waals surface area (Å²) in [6.07, 6.45) is 0. The van der Waals surface area contributed by atoms with E-state index >= 15 is 0 Å². The number of H-pyrrole nitrogens is 1. The van der Waals surface area contributed by atoms with Crippen LogP contribution in [0.3, 0.4) is 0 Å². The van der Waals surface area contributed by atoms with Gasteiger partial charge in [0.15, 0.2) is 0 Å². The minimum atomic E-state index is -0.495. The molecule has 0 bridgehead atoms. The molecule has 0 fully saturated rings. The van der Waals surface area contributed by atoms with Gasteiger partial charge in [0, 0.05) is 5.39 Å². The molecule has 3 nitrogen and oxygen atoms in total. The maximum atomic E-state index is 13.4. The van der Waals surface area contributed by atoms with Gasteiger partial charge in [0.1, 0.15) is 11.5 Å². The van der Waals surface area contributed by atoms with Gasteiger partial charge in [0.2, 0.25) is 0 Å². The van der Waals surface area contributed by atoms with Gasteiger partial charge in [-0.15, -0.1) is 0 Å². The molecule has 15 heavy (non-hydrogen) atoms. The van der Waals surface area contributed by atoms with Gasteiger partial charge in [-0.1, -0.05) is 6.07 Å². The Hall–Kier alpha value is -1.84. The third-order valence-corrected chi connectivity index (χ3v) is 2.37. The average Bonchev–Trinajstić information content (AvgIpc) is 2.68. The first kappa shape index (κ1) is 9.71. The van der Waals surface area contributed by atoms with Crippen LogP contribution in [0.2, 0.25) is 0 Å². The summed E-state index contributed by atoms with van der Waals surface area (Å²) in [5.41, 5.74) is 1.52. The molecule has 1 aromatic heterocycles. The Morgan fingerprint density at radius 1 is 1.47 bits per heavy atom. The lowest BCUT2D eigenvalue weighted by Gasteiger charge is -1.95. The lowest BCUT2D eigenvalue weighted by atomic mass is 10.1. The normalized spacial score (nSPS) is 10.6. The summed E-state index contributed by atoms with van der Waals surface area (Å²) in [7, 11) is 1.29. The summed E-state index contributed by atoms with van der Waals surface area (Å²) in [6.45, 7) is 1.86. The van der Waals surface area contributed by atoms with Crippen molar-refractivity contribution in [3.05, 3.63) is 35.3 Å². The molecule has 78 valence electrons. The SMILES string of the molecule is COC(=O)c1cc2c(C)ccc(F)c2[nH]1. The minimum absolute atomic E-state index is 0.265. The number of hydrogen-bond donors (Lipinski definition) is 1. The summed E-state index contributed by atoms with van der Waals surface area (Å²) in [5.74, 6) is -0.865. The van der Waals surface area contributed by atoms with E-state index < -0.39 is 5.97 Å². The van der Waals surface area contributed by atoms with E-state index in [1.54, 1.807) is 12.1 Å². The largest absolute Gasteiger partial charge is 0.464 e. The van der Waals surface area contributed by atoms with Crippen molar-refractivity contribution in [3.63, 3.8) is 0 Å². The summed E-state index contributed by atoms with van der Waals surface area (Å²) in [6, 6.07) is 4.64. The fourth-order valence-corrected chi connectivity index (χ4v) is 1.55. The molecule has 0 unspecified atom stereocenters. The molecule has 1 aromatic carbocycles. The monoisotopic (exact) mass is 207 g/mol. The second-order valence-corrected chi connectivity index (χ2v) is 3.33. The van der Waals surface area contributed by atoms with Crippen molar-refractivity contribution in [2.45, 2.75) is 6.92 Å². The zero-order valence-electron chi connectivity index (χ0n) is 8.43. The number of carbonyl (C=O) groups excluding carboxylic acids is 1. The Morgan fingerprint density at radius 3 is 2.80 bits per heavy atom. The number of hydrogen-bond acceptors (Lipinski definition) is 2. The van der Waals surface area contributed by atoms with Gasteiger partial charge in [-0.05, 0) is 24.6 Å². The molecule has 0 atom stereocenters. The number of ether oxygens (including phenoxy) is 1. The number of methoxy groups -OCH3 is 1. The Morgan fingerprint density at radius 2 is 2.20 bits per heavy atom. The van der Waals surface area contributed by atoms with Crippen molar-refractivity contribution in [1.82, 2.24) is 4.98 Å². The quantitative estimate of drug-likeness (QED) is 0.729. The Bertz CT molecular complexity index is 492. The third-order valence-electron chi connectivity index (χ3n) is 2.37. The predicted octanol–water partition coefficient (Wildman–Crippen LogP) is 2.40. The second kappa shape index (κ2) is 3.38. The lowest BCUT2D eigenvalue weighted by Crippen LogP contribution is -2.00. The first-order valence-electron chi connectivity index (χ1n) is 4.49. The average molecular weight is 207 g/mol. The van der Waals surface area contributed by atoms with E-state index in [-0.39, 0.29) is 11.5 Å². The van der Waals surface area contributed by atoms with E-state index in [4.69, 9.17) is 0 Å². The Balaban J connectivity index is 2.70. The zero-order valence-corrected chi connectivity index (χ0v) is 8.43. The highest BCUT2D eigenvalue weighted by Gasteiger charge is 2.12. The second-order valence-electron chi connectivity index (χ2n) is 3.33. The number of aromatic amines is 1. The van der Waals surface area contributed by atoms with Crippen molar-refractivity contribution in [2.24, 2.45) is 0 Å². The molecular formula is C11H10FNO2. The molecule has 0 saturated carbocycles. The lowest BCUT2D eigenvalue weighted by molar-refractivity contribution is 0.0595. The molecule has 0 aliphatic carbocycles. The molecule has 2 rings (SSSR count). The number of aryl methyl sites for hydroxylation is 1. The highest BCUT2D eigenvalue weighted by atomic mass is 19.1. The fraction of sp³-hybridized carbons (Fsp3) is 0.182. The molecule has 0 saturated heterocycles. The van der Waals surface area contributed by atoms with Crippen molar-refractivity contribution < 1.29 is 13.9 Å². The zero-order chi connectivity index (χ0) is 11.0. The molecule has 0 spiro atoms. The van der Waals surface area contributed by atoms with Gasteiger partial charge < -0.3 is 9.72 Å². The number of esters is 1. The molecular weight excluding hydrogens is 197 g/mol. The molecule has 0 amide bonds. The van der Waals surface area contributed by atoms with Gasteiger partial charge in [-0.3, -0.25) is 0 Å². The highest BCUT2D eigenvalue weighted by molar-refractivity contribution is 5.96. The molecule has 1 N–H and O–H groups in total. The van der Waals surface area contributed by atoms with Crippen molar-refractivity contribution >= 4 is 16.9 Å². The van der Waals surface area contributed by atoms with E-state index in [0.29, 0.717) is 10.9 Å². The van der Waals surface area contributed by atoms with Crippen LogP contribution in [0, 0.1) is 12.7 Å². The maximum absolute atomic E-state index is 13.4. The van der Waals surface area contributed by atoms with Crippen LogP contribution in [0.25, 0.3) is 10.9 Å². The van der Waals surface area contributed by atoms with Gasteiger partial charge >= 0.3 is 5.97 Å². The smallest absolute Gasteiger partial charge is 0.354 e. The standard InChI is InChI=1S/C11H10FNO2/c1-6-3-4-8(12)10-7(6)5-9(13-10)11(14)15-2/h3-5,13H,1-2H3. The van der Waals surface area contributed by atoms with Gasteiger partial charge in [0.25, 0.3) is 0 Å². The molecule has 0 aliphatic rings. The molecule has 0 radical (unpaired) electrons. The van der Waals surface area contributed by atoms with E-state index in [1.165, 1.54) is 13.2 Å². The number of fused-ring (bicyclic) bond motifs is 1. The molecule has 0 aliphatic heterocycles. The van der Waals surface area contributed by atoms with Crippen molar-refractivity contribution in [3.8, 4) is 0 Å². The van der Waals surface area contributed by atoms with Crippen LogP contribution in [0.15, 0.2) is 18.2 Å².